The molecule has 0 N–H and O–H groups in total. The molecule has 28 heavy (non-hydrogen) atoms. The Bertz CT molecular complexity index is 950. The zero-order valence-electron chi connectivity index (χ0n) is 16.6. The lowest BCUT2D eigenvalue weighted by Crippen LogP contribution is -2.44. The van der Waals surface area contributed by atoms with Crippen molar-refractivity contribution in [2.24, 2.45) is 0 Å². The summed E-state index contributed by atoms with van der Waals surface area (Å²) < 4.78 is 1.95. The maximum Gasteiger partial charge on any atom is 0.255 e. The first-order valence-corrected chi connectivity index (χ1v) is 9.98. The molecule has 1 amide bonds. The number of fused-ring (bicyclic) bond motifs is 1. The molecule has 0 aliphatic carbocycles. The minimum Gasteiger partial charge on any atom is -0.336 e. The monoisotopic (exact) mass is 377 g/mol. The summed E-state index contributed by atoms with van der Waals surface area (Å²) in [5, 5.41) is 0. The molecule has 1 aromatic carbocycles. The second kappa shape index (κ2) is 8.10. The molecule has 4 rings (SSSR count). The molecule has 6 heteroatoms. The topological polar surface area (TPSA) is 54.3 Å². The van der Waals surface area contributed by atoms with Gasteiger partial charge in [-0.3, -0.25) is 9.36 Å². The van der Waals surface area contributed by atoms with Crippen LogP contribution in [0.5, 0.6) is 0 Å². The van der Waals surface area contributed by atoms with Crippen LogP contribution >= 0.6 is 0 Å². The number of amides is 1. The highest BCUT2D eigenvalue weighted by Gasteiger charge is 2.28. The largest absolute Gasteiger partial charge is 0.336 e. The predicted molar refractivity (Wildman–Crippen MR) is 111 cm³/mol. The lowest BCUT2D eigenvalue weighted by Gasteiger charge is -2.36. The van der Waals surface area contributed by atoms with Gasteiger partial charge >= 0.3 is 0 Å². The van der Waals surface area contributed by atoms with Gasteiger partial charge in [0.2, 0.25) is 0 Å². The number of para-hydroxylation sites is 1. The Balaban J connectivity index is 1.59. The van der Waals surface area contributed by atoms with Gasteiger partial charge in [-0.15, -0.1) is 0 Å². The molecular formula is C22H27N5O. The van der Waals surface area contributed by atoms with E-state index in [1.807, 2.05) is 45.9 Å². The summed E-state index contributed by atoms with van der Waals surface area (Å²) in [6.07, 6.45) is 7.82. The van der Waals surface area contributed by atoms with Crippen LogP contribution in [0.1, 0.15) is 36.0 Å². The fraction of sp³-hybridized carbons (Fsp3) is 0.409. The first-order valence-electron chi connectivity index (χ1n) is 9.98. The fourth-order valence-electron chi connectivity index (χ4n) is 3.94. The second-order valence-corrected chi connectivity index (χ2v) is 7.76. The molecule has 6 nitrogen and oxygen atoms in total. The third-order valence-corrected chi connectivity index (χ3v) is 5.47. The Hall–Kier alpha value is -2.73. The van der Waals surface area contributed by atoms with Gasteiger partial charge in [0, 0.05) is 24.5 Å². The van der Waals surface area contributed by atoms with Gasteiger partial charge in [-0.1, -0.05) is 18.2 Å². The highest BCUT2D eigenvalue weighted by molar-refractivity contribution is 5.96. The Morgan fingerprint density at radius 3 is 2.79 bits per heavy atom. The average molecular weight is 377 g/mol. The van der Waals surface area contributed by atoms with Crippen molar-refractivity contribution in [3.63, 3.8) is 0 Å². The Labute approximate surface area is 165 Å². The zero-order valence-corrected chi connectivity index (χ0v) is 16.6. The summed E-state index contributed by atoms with van der Waals surface area (Å²) in [6, 6.07) is 12.2. The molecule has 0 bridgehead atoms. The normalized spacial score (nSPS) is 17.4. The molecule has 3 aromatic rings. The Kier molecular flexibility index (Phi) is 5.39. The van der Waals surface area contributed by atoms with E-state index in [9.17, 15) is 4.79 Å². The molecule has 0 saturated carbocycles. The van der Waals surface area contributed by atoms with E-state index in [2.05, 4.69) is 29.0 Å². The van der Waals surface area contributed by atoms with Crippen LogP contribution in [0, 0.1) is 0 Å². The van der Waals surface area contributed by atoms with Crippen molar-refractivity contribution >= 4 is 17.1 Å². The summed E-state index contributed by atoms with van der Waals surface area (Å²) >= 11 is 0. The average Bonchev–Trinajstić information content (AvgIpc) is 3.16. The third kappa shape index (κ3) is 3.78. The van der Waals surface area contributed by atoms with Crippen LogP contribution in [-0.4, -0.2) is 63.5 Å². The number of likely N-dealkylation sites (tertiary alicyclic amines) is 1. The van der Waals surface area contributed by atoms with Crippen molar-refractivity contribution in [3.05, 3.63) is 54.5 Å². The van der Waals surface area contributed by atoms with Gasteiger partial charge in [0.25, 0.3) is 5.91 Å². The predicted octanol–water partition coefficient (Wildman–Crippen LogP) is 3.37. The summed E-state index contributed by atoms with van der Waals surface area (Å²) in [5.41, 5.74) is 3.15. The maximum absolute atomic E-state index is 13.2. The highest BCUT2D eigenvalue weighted by atomic mass is 16.2. The molecule has 2 aromatic heterocycles. The third-order valence-electron chi connectivity index (χ3n) is 5.47. The van der Waals surface area contributed by atoms with E-state index < -0.39 is 0 Å². The minimum atomic E-state index is 0.0760. The Morgan fingerprint density at radius 1 is 1.18 bits per heavy atom. The number of rotatable bonds is 5. The molecule has 1 aliphatic rings. The quantitative estimate of drug-likeness (QED) is 0.684. The second-order valence-electron chi connectivity index (χ2n) is 7.76. The number of imidazole rings is 1. The van der Waals surface area contributed by atoms with Crippen molar-refractivity contribution in [2.75, 3.05) is 27.2 Å². The van der Waals surface area contributed by atoms with Crippen LogP contribution in [0.4, 0.5) is 0 Å². The standard InChI is InChI=1S/C22H27N5O/c1-25(2)13-11-19-10-6-7-12-26(19)22(28)17-14-20-21(23-15-17)27(16-24-20)18-8-4-3-5-9-18/h3-5,8-9,14-16,19H,6-7,10-13H2,1-2H3. The number of carbonyl (C=O) groups excluding carboxylic acids is 1. The van der Waals surface area contributed by atoms with E-state index >= 15 is 0 Å². The van der Waals surface area contributed by atoms with Gasteiger partial charge < -0.3 is 9.80 Å². The molecule has 1 unspecified atom stereocenters. The van der Waals surface area contributed by atoms with Gasteiger partial charge in [-0.2, -0.15) is 0 Å². The van der Waals surface area contributed by atoms with Crippen molar-refractivity contribution in [1.82, 2.24) is 24.3 Å². The molecular weight excluding hydrogens is 350 g/mol. The number of pyridine rings is 1. The van der Waals surface area contributed by atoms with Crippen LogP contribution in [0.15, 0.2) is 48.9 Å². The van der Waals surface area contributed by atoms with Gasteiger partial charge in [0.15, 0.2) is 5.65 Å². The van der Waals surface area contributed by atoms with Crippen LogP contribution in [-0.2, 0) is 0 Å². The summed E-state index contributed by atoms with van der Waals surface area (Å²) in [5.74, 6) is 0.0760. The molecule has 3 heterocycles. The van der Waals surface area contributed by atoms with Crippen LogP contribution in [0.25, 0.3) is 16.9 Å². The van der Waals surface area contributed by atoms with Gasteiger partial charge in [0.1, 0.15) is 11.8 Å². The molecule has 0 spiro atoms. The van der Waals surface area contributed by atoms with Crippen molar-refractivity contribution in [2.45, 2.75) is 31.7 Å². The van der Waals surface area contributed by atoms with Crippen molar-refractivity contribution in [1.29, 1.82) is 0 Å². The summed E-state index contributed by atoms with van der Waals surface area (Å²) in [7, 11) is 4.16. The molecule has 1 fully saturated rings. The minimum absolute atomic E-state index is 0.0760. The van der Waals surface area contributed by atoms with E-state index in [0.29, 0.717) is 11.6 Å². The van der Waals surface area contributed by atoms with E-state index in [1.165, 1.54) is 6.42 Å². The van der Waals surface area contributed by atoms with Crippen molar-refractivity contribution in [3.8, 4) is 5.69 Å². The number of benzene rings is 1. The lowest BCUT2D eigenvalue weighted by molar-refractivity contribution is 0.0591. The lowest BCUT2D eigenvalue weighted by atomic mass is 9.98. The summed E-state index contributed by atoms with van der Waals surface area (Å²) in [4.78, 5) is 26.5. The maximum atomic E-state index is 13.2. The first kappa shape index (κ1) is 18.6. The number of hydrogen-bond acceptors (Lipinski definition) is 4. The molecule has 0 radical (unpaired) electrons. The van der Waals surface area contributed by atoms with Crippen LogP contribution < -0.4 is 0 Å². The van der Waals surface area contributed by atoms with Crippen LogP contribution in [0.3, 0.4) is 0 Å². The smallest absolute Gasteiger partial charge is 0.255 e. The SMILES string of the molecule is CN(C)CCC1CCCCN1C(=O)c1cnc2c(c1)ncn2-c1ccccc1. The van der Waals surface area contributed by atoms with E-state index in [0.717, 1.165) is 49.2 Å². The number of hydrogen-bond donors (Lipinski definition) is 0. The molecule has 1 saturated heterocycles. The van der Waals surface area contributed by atoms with E-state index in [-0.39, 0.29) is 5.91 Å². The number of nitrogens with zero attached hydrogens (tertiary/aromatic N) is 5. The first-order chi connectivity index (χ1) is 13.6. The molecule has 1 atom stereocenters. The summed E-state index contributed by atoms with van der Waals surface area (Å²) in [6.45, 7) is 1.82. The highest BCUT2D eigenvalue weighted by Crippen LogP contribution is 2.23. The molecule has 146 valence electrons. The number of piperidine rings is 1. The molecule has 1 aliphatic heterocycles. The van der Waals surface area contributed by atoms with Gasteiger partial charge in [-0.05, 0) is 64.5 Å². The van der Waals surface area contributed by atoms with Crippen molar-refractivity contribution < 1.29 is 4.79 Å². The van der Waals surface area contributed by atoms with Gasteiger partial charge in [0.05, 0.1) is 5.56 Å². The zero-order chi connectivity index (χ0) is 19.5. The number of carbonyl (C=O) groups is 1. The Morgan fingerprint density at radius 2 is 2.00 bits per heavy atom. The van der Waals surface area contributed by atoms with Gasteiger partial charge in [-0.25, -0.2) is 9.97 Å². The fourth-order valence-corrected chi connectivity index (χ4v) is 3.94. The number of aromatic nitrogens is 3. The van der Waals surface area contributed by atoms with E-state index in [1.54, 1.807) is 12.5 Å². The van der Waals surface area contributed by atoms with E-state index in [4.69, 9.17) is 0 Å². The van der Waals surface area contributed by atoms with Crippen LogP contribution in [0.2, 0.25) is 0 Å².